The minimum absolute atomic E-state index is 0.0906. The predicted octanol–water partition coefficient (Wildman–Crippen LogP) is -0.375. The molecular weight excluding hydrogens is 370 g/mol. The highest BCUT2D eigenvalue weighted by molar-refractivity contribution is 7.71. The number of hydrogen-bond donors (Lipinski definition) is 1. The third kappa shape index (κ3) is 4.73. The lowest BCUT2D eigenvalue weighted by Gasteiger charge is -2.40. The fourth-order valence-electron chi connectivity index (χ4n) is 2.48. The second-order valence-corrected chi connectivity index (χ2v) is 5.79. The van der Waals surface area contributed by atoms with Crippen molar-refractivity contribution in [1.82, 2.24) is 14.8 Å². The highest BCUT2D eigenvalue weighted by atomic mass is 32.1. The van der Waals surface area contributed by atoms with Crippen LogP contribution in [0.1, 0.15) is 27.0 Å². The molecule has 1 aliphatic heterocycles. The third-order valence-corrected chi connectivity index (χ3v) is 3.59. The van der Waals surface area contributed by atoms with Crippen molar-refractivity contribution in [2.45, 2.75) is 45.3 Å². The van der Waals surface area contributed by atoms with Gasteiger partial charge in [0.05, 0.1) is 6.61 Å². The Morgan fingerprint density at radius 1 is 1.15 bits per heavy atom. The van der Waals surface area contributed by atoms with Crippen molar-refractivity contribution in [3.05, 3.63) is 21.3 Å². The van der Waals surface area contributed by atoms with Crippen LogP contribution in [0.2, 0.25) is 0 Å². The number of nitrogens with zero attached hydrogens (tertiary/aromatic N) is 2. The van der Waals surface area contributed by atoms with Crippen LogP contribution in [0.5, 0.6) is 0 Å². The van der Waals surface area contributed by atoms with Crippen molar-refractivity contribution in [3.63, 3.8) is 0 Å². The Morgan fingerprint density at radius 3 is 2.27 bits per heavy atom. The molecular formula is C14H17N3O8S. The second-order valence-electron chi connectivity index (χ2n) is 5.40. The molecule has 1 aromatic heterocycles. The second kappa shape index (κ2) is 8.19. The van der Waals surface area contributed by atoms with Crippen molar-refractivity contribution < 1.29 is 33.3 Å². The monoisotopic (exact) mass is 387 g/mol. The summed E-state index contributed by atoms with van der Waals surface area (Å²) in [5.74, 6) is -2.00. The van der Waals surface area contributed by atoms with Gasteiger partial charge in [-0.15, -0.1) is 0 Å². The minimum Gasteiger partial charge on any atom is -0.456 e. The first kappa shape index (κ1) is 19.7. The number of nitrogens with one attached hydrogen (secondary N) is 1. The molecule has 0 bridgehead atoms. The molecule has 0 unspecified atom stereocenters. The Bertz CT molecular complexity index is 819. The predicted molar refractivity (Wildman–Crippen MR) is 85.3 cm³/mol. The fourth-order valence-corrected chi connectivity index (χ4v) is 2.73. The molecule has 12 heteroatoms. The maximum Gasteiger partial charge on any atom is 0.303 e. The zero-order valence-electron chi connectivity index (χ0n) is 14.2. The summed E-state index contributed by atoms with van der Waals surface area (Å²) in [5, 5.41) is 3.86. The molecule has 0 radical (unpaired) electrons. The molecule has 4 atom stereocenters. The van der Waals surface area contributed by atoms with Gasteiger partial charge in [0.15, 0.2) is 29.3 Å². The van der Waals surface area contributed by atoms with Gasteiger partial charge in [-0.25, -0.2) is 4.68 Å². The van der Waals surface area contributed by atoms with Gasteiger partial charge in [-0.3, -0.25) is 24.2 Å². The Morgan fingerprint density at radius 2 is 1.73 bits per heavy atom. The first-order valence-electron chi connectivity index (χ1n) is 7.50. The molecule has 11 nitrogen and oxygen atoms in total. The molecule has 0 amide bonds. The minimum atomic E-state index is -1.22. The Hall–Kier alpha value is -2.60. The Balaban J connectivity index is 2.46. The third-order valence-electron chi connectivity index (χ3n) is 3.30. The van der Waals surface area contributed by atoms with E-state index in [9.17, 15) is 19.2 Å². The molecule has 142 valence electrons. The van der Waals surface area contributed by atoms with Crippen LogP contribution < -0.4 is 5.56 Å². The summed E-state index contributed by atoms with van der Waals surface area (Å²) in [6.07, 6.45) is -3.54. The summed E-state index contributed by atoms with van der Waals surface area (Å²) in [6.45, 7) is 3.31. The SMILES string of the molecule is CC(=O)O[C@@H]1[C@H](OC(C)=O)[C@H](OC(C)=O)CO[C@@H]1n1ncc(=O)[nH]c1=S. The molecule has 0 spiro atoms. The lowest BCUT2D eigenvalue weighted by atomic mass is 10.0. The van der Waals surface area contributed by atoms with E-state index < -0.39 is 48.0 Å². The van der Waals surface area contributed by atoms with E-state index >= 15 is 0 Å². The van der Waals surface area contributed by atoms with Crippen LogP contribution in [0.15, 0.2) is 11.0 Å². The van der Waals surface area contributed by atoms with Gasteiger partial charge in [0.2, 0.25) is 0 Å². The number of esters is 3. The summed E-state index contributed by atoms with van der Waals surface area (Å²) >= 11 is 5.04. The van der Waals surface area contributed by atoms with Crippen LogP contribution in [0.3, 0.4) is 0 Å². The van der Waals surface area contributed by atoms with Gasteiger partial charge < -0.3 is 18.9 Å². The van der Waals surface area contributed by atoms with Crippen molar-refractivity contribution in [3.8, 4) is 0 Å². The zero-order valence-corrected chi connectivity index (χ0v) is 15.0. The number of aromatic amines is 1. The molecule has 2 heterocycles. The molecule has 0 aromatic carbocycles. The molecule has 1 saturated heterocycles. The molecule has 2 rings (SSSR count). The van der Waals surface area contributed by atoms with Gasteiger partial charge in [-0.1, -0.05) is 0 Å². The number of carbonyl (C=O) groups excluding carboxylic acids is 3. The Labute approximate surface area is 152 Å². The summed E-state index contributed by atoms with van der Waals surface area (Å²) in [6, 6.07) is 0. The van der Waals surface area contributed by atoms with Crippen LogP contribution in [-0.2, 0) is 33.3 Å². The number of aromatic nitrogens is 3. The van der Waals surface area contributed by atoms with E-state index in [0.717, 1.165) is 24.7 Å². The van der Waals surface area contributed by atoms with Crippen molar-refractivity contribution in [2.24, 2.45) is 0 Å². The van der Waals surface area contributed by atoms with Gasteiger partial charge >= 0.3 is 17.9 Å². The maximum absolute atomic E-state index is 11.5. The van der Waals surface area contributed by atoms with Gasteiger partial charge in [-0.05, 0) is 12.2 Å². The van der Waals surface area contributed by atoms with Crippen molar-refractivity contribution in [1.29, 1.82) is 0 Å². The van der Waals surface area contributed by atoms with Gasteiger partial charge in [0.1, 0.15) is 6.20 Å². The van der Waals surface area contributed by atoms with E-state index in [0.29, 0.717) is 0 Å². The largest absolute Gasteiger partial charge is 0.456 e. The van der Waals surface area contributed by atoms with E-state index in [2.05, 4.69) is 10.1 Å². The average Bonchev–Trinajstić information content (AvgIpc) is 2.50. The van der Waals surface area contributed by atoms with Gasteiger partial charge in [0.25, 0.3) is 5.56 Å². The van der Waals surface area contributed by atoms with Crippen LogP contribution in [0.4, 0.5) is 0 Å². The van der Waals surface area contributed by atoms with Gasteiger partial charge in [0, 0.05) is 20.8 Å². The van der Waals surface area contributed by atoms with Gasteiger partial charge in [-0.2, -0.15) is 5.10 Å². The summed E-state index contributed by atoms with van der Waals surface area (Å²) in [5.41, 5.74) is -0.527. The Kier molecular flexibility index (Phi) is 6.21. The number of carbonyl (C=O) groups is 3. The average molecular weight is 387 g/mol. The molecule has 0 aliphatic carbocycles. The van der Waals surface area contributed by atoms with Crippen molar-refractivity contribution >= 4 is 30.1 Å². The molecule has 1 fully saturated rings. The van der Waals surface area contributed by atoms with E-state index in [1.165, 1.54) is 6.92 Å². The maximum atomic E-state index is 11.5. The normalized spacial score (nSPS) is 25.2. The fraction of sp³-hybridized carbons (Fsp3) is 0.571. The number of rotatable bonds is 4. The highest BCUT2D eigenvalue weighted by Gasteiger charge is 2.48. The first-order valence-corrected chi connectivity index (χ1v) is 7.91. The number of ether oxygens (including phenoxy) is 4. The number of H-pyrrole nitrogens is 1. The molecule has 1 aromatic rings. The smallest absolute Gasteiger partial charge is 0.303 e. The van der Waals surface area contributed by atoms with E-state index in [1.807, 2.05) is 0 Å². The quantitative estimate of drug-likeness (QED) is 0.413. The van der Waals surface area contributed by atoms with Crippen molar-refractivity contribution in [2.75, 3.05) is 6.61 Å². The molecule has 26 heavy (non-hydrogen) atoms. The van der Waals surface area contributed by atoms with Crippen LogP contribution in [0, 0.1) is 4.77 Å². The first-order chi connectivity index (χ1) is 12.2. The lowest BCUT2D eigenvalue weighted by Crippen LogP contribution is -2.56. The van der Waals surface area contributed by atoms with E-state index in [1.54, 1.807) is 0 Å². The molecule has 1 N–H and O–H groups in total. The summed E-state index contributed by atoms with van der Waals surface area (Å²) in [7, 11) is 0. The summed E-state index contributed by atoms with van der Waals surface area (Å²) in [4.78, 5) is 48.0. The van der Waals surface area contributed by atoms with E-state index in [-0.39, 0.29) is 11.4 Å². The molecule has 1 aliphatic rings. The zero-order chi connectivity index (χ0) is 19.4. The van der Waals surface area contributed by atoms with Crippen LogP contribution >= 0.6 is 12.2 Å². The van der Waals surface area contributed by atoms with Crippen LogP contribution in [0.25, 0.3) is 0 Å². The van der Waals surface area contributed by atoms with E-state index in [4.69, 9.17) is 31.2 Å². The standard InChI is InChI=1S/C14H17N3O8S/c1-6(18)23-9-5-22-13(17-14(26)16-10(21)4-15-17)12(25-8(3)20)11(9)24-7(2)19/h4,9,11-13H,5H2,1-3H3,(H,16,21,26)/t9-,11-,12-,13+/m1/s1. The van der Waals surface area contributed by atoms with Crippen LogP contribution in [-0.4, -0.2) is 57.6 Å². The summed E-state index contributed by atoms with van der Waals surface area (Å²) < 4.78 is 22.2. The lowest BCUT2D eigenvalue weighted by molar-refractivity contribution is -0.242. The number of hydrogen-bond acceptors (Lipinski definition) is 10. The topological polar surface area (TPSA) is 139 Å². The highest BCUT2D eigenvalue weighted by Crippen LogP contribution is 2.30. The molecule has 0 saturated carbocycles.